The third kappa shape index (κ3) is 2.75. The van der Waals surface area contributed by atoms with Gasteiger partial charge in [0.15, 0.2) is 11.5 Å². The molecule has 2 aliphatic heterocycles. The summed E-state index contributed by atoms with van der Waals surface area (Å²) in [7, 11) is 0. The molecule has 4 heterocycles. The number of fused-ring (bicyclic) bond motifs is 2. The van der Waals surface area contributed by atoms with Crippen LogP contribution in [-0.2, 0) is 14.4 Å². The number of aldehydes is 1. The van der Waals surface area contributed by atoms with E-state index in [1.807, 2.05) is 0 Å². The molecule has 152 valence electrons. The van der Waals surface area contributed by atoms with E-state index in [1.165, 1.54) is 12.7 Å². The Bertz CT molecular complexity index is 1140. The van der Waals surface area contributed by atoms with Gasteiger partial charge in [-0.3, -0.25) is 19.0 Å². The van der Waals surface area contributed by atoms with Crippen LogP contribution in [0, 0.1) is 5.92 Å². The molecule has 1 saturated heterocycles. The Kier molecular flexibility index (Phi) is 4.26. The number of carbonyl (C=O) groups is 3. The van der Waals surface area contributed by atoms with Crippen LogP contribution in [0.25, 0.3) is 11.2 Å². The van der Waals surface area contributed by atoms with Gasteiger partial charge >= 0.3 is 0 Å². The number of ether oxygens (including phenoxy) is 1. The van der Waals surface area contributed by atoms with Crippen LogP contribution in [0.4, 0.5) is 5.82 Å². The highest BCUT2D eigenvalue weighted by Crippen LogP contribution is 2.35. The van der Waals surface area contributed by atoms with E-state index in [2.05, 4.69) is 15.0 Å². The summed E-state index contributed by atoms with van der Waals surface area (Å²) in [4.78, 5) is 54.2. The van der Waals surface area contributed by atoms with Gasteiger partial charge in [0.2, 0.25) is 0 Å². The number of hydroxylamine groups is 2. The van der Waals surface area contributed by atoms with Crippen molar-refractivity contribution in [3.05, 3.63) is 48.0 Å². The molecule has 0 spiro atoms. The zero-order chi connectivity index (χ0) is 20.8. The number of amides is 2. The lowest BCUT2D eigenvalue weighted by molar-refractivity contribution is -0.138. The summed E-state index contributed by atoms with van der Waals surface area (Å²) in [5.74, 6) is -1.34. The lowest BCUT2D eigenvalue weighted by atomic mass is 10.0. The lowest BCUT2D eigenvalue weighted by Crippen LogP contribution is -2.35. The van der Waals surface area contributed by atoms with Crippen LogP contribution < -0.4 is 5.73 Å². The van der Waals surface area contributed by atoms with E-state index >= 15 is 0 Å². The molecule has 5 rings (SSSR count). The second kappa shape index (κ2) is 6.97. The summed E-state index contributed by atoms with van der Waals surface area (Å²) in [6.45, 7) is -0.144. The number of imide groups is 1. The fraction of sp³-hybridized carbons (Fsp3) is 0.263. The van der Waals surface area contributed by atoms with Gasteiger partial charge in [-0.15, -0.1) is 5.06 Å². The van der Waals surface area contributed by atoms with E-state index in [1.54, 1.807) is 28.8 Å². The monoisotopic (exact) mass is 408 g/mol. The topological polar surface area (TPSA) is 143 Å². The first-order valence-corrected chi connectivity index (χ1v) is 9.23. The van der Waals surface area contributed by atoms with Crippen LogP contribution in [-0.4, -0.2) is 55.4 Å². The van der Waals surface area contributed by atoms with Crippen molar-refractivity contribution < 1.29 is 24.0 Å². The summed E-state index contributed by atoms with van der Waals surface area (Å²) >= 11 is 0. The first-order chi connectivity index (χ1) is 14.6. The van der Waals surface area contributed by atoms with E-state index in [4.69, 9.17) is 15.3 Å². The molecule has 2 aromatic heterocycles. The number of carbonyl (C=O) groups excluding carboxylic acids is 3. The number of hydrogen-bond donors (Lipinski definition) is 1. The maximum Gasteiger partial charge on any atom is 0.285 e. The average molecular weight is 408 g/mol. The molecule has 30 heavy (non-hydrogen) atoms. The van der Waals surface area contributed by atoms with Gasteiger partial charge < -0.3 is 15.3 Å². The highest BCUT2D eigenvalue weighted by Gasteiger charge is 2.41. The number of benzene rings is 1. The SMILES string of the molecule is Nc1ncnc2c1ncn2[C@H]1C[C@H](C=O)[C@@H](CON2C(=O)c3ccccc3C2=O)O1. The van der Waals surface area contributed by atoms with Gasteiger partial charge in [-0.05, 0) is 12.1 Å². The van der Waals surface area contributed by atoms with Crippen LogP contribution in [0.3, 0.4) is 0 Å². The zero-order valence-corrected chi connectivity index (χ0v) is 15.5. The Hall–Kier alpha value is -3.70. The lowest BCUT2D eigenvalue weighted by Gasteiger charge is -2.19. The number of nitrogens with two attached hydrogens (primary N) is 1. The van der Waals surface area contributed by atoms with Gasteiger partial charge in [0.05, 0.1) is 23.6 Å². The Morgan fingerprint density at radius 3 is 2.60 bits per heavy atom. The van der Waals surface area contributed by atoms with E-state index in [-0.39, 0.29) is 23.6 Å². The van der Waals surface area contributed by atoms with Crippen LogP contribution in [0.5, 0.6) is 0 Å². The summed E-state index contributed by atoms with van der Waals surface area (Å²) in [5.41, 5.74) is 7.30. The standard InChI is InChI=1S/C19H16N6O5/c20-16-15-17(22-8-21-16)24(9-23-15)14-5-10(6-26)13(30-14)7-29-25-18(27)11-3-1-2-4-12(11)19(25)28/h1-4,6,8-10,13-14H,5,7H2,(H2,20,21,22)/t10-,13-,14-/m1/s1. The molecule has 2 N–H and O–H groups in total. The number of imidazole rings is 1. The first-order valence-electron chi connectivity index (χ1n) is 9.23. The molecule has 0 saturated carbocycles. The van der Waals surface area contributed by atoms with Gasteiger partial charge in [0.1, 0.15) is 31.0 Å². The molecule has 2 amide bonds. The molecule has 0 bridgehead atoms. The van der Waals surface area contributed by atoms with Crippen molar-refractivity contribution in [3.63, 3.8) is 0 Å². The Labute approximate surface area is 169 Å². The minimum Gasteiger partial charge on any atom is -0.382 e. The minimum absolute atomic E-state index is 0.144. The fourth-order valence-electron chi connectivity index (χ4n) is 3.74. The molecule has 0 radical (unpaired) electrons. The maximum absolute atomic E-state index is 12.4. The number of rotatable bonds is 5. The first kappa shape index (κ1) is 18.3. The minimum atomic E-state index is -0.659. The molecule has 3 atom stereocenters. The number of hydrogen-bond acceptors (Lipinski definition) is 9. The predicted octanol–water partition coefficient (Wildman–Crippen LogP) is 0.739. The Morgan fingerprint density at radius 1 is 1.17 bits per heavy atom. The molecular weight excluding hydrogens is 392 g/mol. The van der Waals surface area contributed by atoms with Gasteiger partial charge in [0.25, 0.3) is 11.8 Å². The molecule has 0 aliphatic carbocycles. The van der Waals surface area contributed by atoms with Gasteiger partial charge in [0, 0.05) is 12.3 Å². The van der Waals surface area contributed by atoms with E-state index in [0.29, 0.717) is 22.6 Å². The summed E-state index contributed by atoms with van der Waals surface area (Å²) in [5, 5.41) is 0.712. The molecule has 0 unspecified atom stereocenters. The summed E-state index contributed by atoms with van der Waals surface area (Å²) in [6, 6.07) is 6.47. The number of nitrogen functional groups attached to an aromatic ring is 1. The molecule has 11 nitrogen and oxygen atoms in total. The normalized spacial score (nSPS) is 23.3. The van der Waals surface area contributed by atoms with Gasteiger partial charge in [-0.25, -0.2) is 15.0 Å². The smallest absolute Gasteiger partial charge is 0.285 e. The van der Waals surface area contributed by atoms with E-state index in [9.17, 15) is 14.4 Å². The predicted molar refractivity (Wildman–Crippen MR) is 101 cm³/mol. The second-order valence-electron chi connectivity index (χ2n) is 6.99. The number of aromatic nitrogens is 4. The second-order valence-corrected chi connectivity index (χ2v) is 6.99. The van der Waals surface area contributed by atoms with Crippen molar-refractivity contribution >= 4 is 35.1 Å². The fourth-order valence-corrected chi connectivity index (χ4v) is 3.74. The molecule has 1 fully saturated rings. The summed E-state index contributed by atoms with van der Waals surface area (Å²) in [6.07, 6.45) is 2.79. The third-order valence-electron chi connectivity index (χ3n) is 5.28. The molecule has 3 aromatic rings. The molecular formula is C19H16N6O5. The molecule has 2 aliphatic rings. The van der Waals surface area contributed by atoms with Crippen molar-refractivity contribution in [1.82, 2.24) is 24.6 Å². The highest BCUT2D eigenvalue weighted by molar-refractivity contribution is 6.20. The Balaban J connectivity index is 1.32. The highest BCUT2D eigenvalue weighted by atomic mass is 16.7. The largest absolute Gasteiger partial charge is 0.382 e. The zero-order valence-electron chi connectivity index (χ0n) is 15.5. The number of nitrogens with zero attached hydrogens (tertiary/aromatic N) is 5. The number of anilines is 1. The van der Waals surface area contributed by atoms with Crippen LogP contribution in [0.1, 0.15) is 33.4 Å². The van der Waals surface area contributed by atoms with Crippen molar-refractivity contribution in [2.75, 3.05) is 12.3 Å². The van der Waals surface area contributed by atoms with Gasteiger partial charge in [-0.2, -0.15) is 0 Å². The van der Waals surface area contributed by atoms with E-state index in [0.717, 1.165) is 6.29 Å². The average Bonchev–Trinajstić information content (AvgIpc) is 3.43. The molecule has 11 heteroatoms. The molecule has 1 aromatic carbocycles. The van der Waals surface area contributed by atoms with Crippen molar-refractivity contribution in [2.24, 2.45) is 5.92 Å². The van der Waals surface area contributed by atoms with Crippen LogP contribution >= 0.6 is 0 Å². The van der Waals surface area contributed by atoms with Crippen molar-refractivity contribution in [1.29, 1.82) is 0 Å². The summed E-state index contributed by atoms with van der Waals surface area (Å²) < 4.78 is 7.65. The van der Waals surface area contributed by atoms with Crippen LogP contribution in [0.15, 0.2) is 36.9 Å². The van der Waals surface area contributed by atoms with Crippen molar-refractivity contribution in [2.45, 2.75) is 18.8 Å². The van der Waals surface area contributed by atoms with Gasteiger partial charge in [-0.1, -0.05) is 12.1 Å². The quantitative estimate of drug-likeness (QED) is 0.477. The van der Waals surface area contributed by atoms with Crippen molar-refractivity contribution in [3.8, 4) is 0 Å². The van der Waals surface area contributed by atoms with E-state index < -0.39 is 30.1 Å². The maximum atomic E-state index is 12.4. The Morgan fingerprint density at radius 2 is 1.90 bits per heavy atom. The van der Waals surface area contributed by atoms with Crippen LogP contribution in [0.2, 0.25) is 0 Å². The third-order valence-corrected chi connectivity index (χ3v) is 5.28.